The highest BCUT2D eigenvalue weighted by Gasteiger charge is 2.27. The minimum absolute atomic E-state index is 0.106. The van der Waals surface area contributed by atoms with Crippen molar-refractivity contribution < 1.29 is 18.7 Å². The Bertz CT molecular complexity index is 1330. The van der Waals surface area contributed by atoms with Gasteiger partial charge in [0, 0.05) is 50.4 Å². The van der Waals surface area contributed by atoms with Crippen molar-refractivity contribution in [2.24, 2.45) is 5.92 Å². The van der Waals surface area contributed by atoms with Crippen molar-refractivity contribution in [3.63, 3.8) is 0 Å². The van der Waals surface area contributed by atoms with Crippen LogP contribution < -0.4 is 5.32 Å². The molecule has 0 unspecified atom stereocenters. The lowest BCUT2D eigenvalue weighted by Gasteiger charge is -2.31. The molecule has 1 aliphatic rings. The number of ether oxygens (including phenoxy) is 1. The molecule has 1 fully saturated rings. The van der Waals surface area contributed by atoms with E-state index in [4.69, 9.17) is 14.3 Å². The Hall–Kier alpha value is -3.72. The highest BCUT2D eigenvalue weighted by Crippen LogP contribution is 2.25. The summed E-state index contributed by atoms with van der Waals surface area (Å²) in [5.41, 5.74) is 3.77. The number of amides is 2. The molecule has 35 heavy (non-hydrogen) atoms. The molecule has 1 N–H and O–H groups in total. The van der Waals surface area contributed by atoms with E-state index in [9.17, 15) is 9.59 Å². The number of oxazole rings is 1. The Morgan fingerprint density at radius 1 is 1.14 bits per heavy atom. The molecule has 5 rings (SSSR count). The quantitative estimate of drug-likeness (QED) is 0.411. The fourth-order valence-corrected chi connectivity index (χ4v) is 4.66. The zero-order valence-corrected chi connectivity index (χ0v) is 20.0. The van der Waals surface area contributed by atoms with Crippen molar-refractivity contribution >= 4 is 33.8 Å². The van der Waals surface area contributed by atoms with Gasteiger partial charge in [-0.2, -0.15) is 5.10 Å². The Kier molecular flexibility index (Phi) is 6.50. The largest absolute Gasteiger partial charge is 0.432 e. The summed E-state index contributed by atoms with van der Waals surface area (Å²) in [6, 6.07) is 11.1. The molecule has 3 heterocycles. The van der Waals surface area contributed by atoms with E-state index in [0.29, 0.717) is 48.8 Å². The SMILES string of the molecule is COCCNC(=O)c1ccc2nn(CC3CCN(C(=O)c4nc5ccccc5o4)CC3)cc2c1C. The van der Waals surface area contributed by atoms with Crippen LogP contribution >= 0.6 is 0 Å². The van der Waals surface area contributed by atoms with Crippen LogP contribution in [-0.2, 0) is 11.3 Å². The van der Waals surface area contributed by atoms with Crippen LogP contribution in [0.2, 0.25) is 0 Å². The molecule has 0 spiro atoms. The Balaban J connectivity index is 1.21. The van der Waals surface area contributed by atoms with E-state index in [0.717, 1.165) is 35.9 Å². The van der Waals surface area contributed by atoms with Crippen LogP contribution in [0.4, 0.5) is 0 Å². The zero-order chi connectivity index (χ0) is 24.4. The molecule has 0 aliphatic carbocycles. The molecule has 0 bridgehead atoms. The minimum Gasteiger partial charge on any atom is -0.432 e. The number of benzene rings is 2. The zero-order valence-electron chi connectivity index (χ0n) is 20.0. The lowest BCUT2D eigenvalue weighted by molar-refractivity contribution is 0.0643. The molecule has 2 amide bonds. The number of rotatable bonds is 7. The van der Waals surface area contributed by atoms with E-state index in [-0.39, 0.29) is 17.7 Å². The normalized spacial score (nSPS) is 14.6. The maximum atomic E-state index is 12.9. The molecule has 0 radical (unpaired) electrons. The summed E-state index contributed by atoms with van der Waals surface area (Å²) in [6.07, 6.45) is 3.79. The molecule has 182 valence electrons. The number of hydrogen-bond donors (Lipinski definition) is 1. The van der Waals surface area contributed by atoms with E-state index in [1.165, 1.54) is 0 Å². The number of likely N-dealkylation sites (tertiary alicyclic amines) is 1. The highest BCUT2D eigenvalue weighted by molar-refractivity contribution is 6.00. The predicted octanol–water partition coefficient (Wildman–Crippen LogP) is 3.41. The van der Waals surface area contributed by atoms with Crippen molar-refractivity contribution in [3.8, 4) is 0 Å². The number of para-hydroxylation sites is 2. The summed E-state index contributed by atoms with van der Waals surface area (Å²) in [6.45, 7) is 5.00. The monoisotopic (exact) mass is 475 g/mol. The number of aromatic nitrogens is 3. The van der Waals surface area contributed by atoms with Crippen LogP contribution in [0.25, 0.3) is 22.0 Å². The fraction of sp³-hybridized carbons (Fsp3) is 0.385. The first-order valence-corrected chi connectivity index (χ1v) is 11.9. The van der Waals surface area contributed by atoms with Gasteiger partial charge in [0.25, 0.3) is 11.8 Å². The number of nitrogens with one attached hydrogen (secondary N) is 1. The second kappa shape index (κ2) is 9.87. The van der Waals surface area contributed by atoms with Crippen molar-refractivity contribution in [1.82, 2.24) is 25.0 Å². The molecule has 2 aromatic carbocycles. The molecule has 1 aliphatic heterocycles. The van der Waals surface area contributed by atoms with Crippen LogP contribution in [0, 0.1) is 12.8 Å². The van der Waals surface area contributed by atoms with Crippen molar-refractivity contribution in [2.45, 2.75) is 26.3 Å². The lowest BCUT2D eigenvalue weighted by atomic mass is 9.97. The van der Waals surface area contributed by atoms with Gasteiger partial charge in [-0.05, 0) is 55.5 Å². The lowest BCUT2D eigenvalue weighted by Crippen LogP contribution is -2.39. The van der Waals surface area contributed by atoms with Crippen LogP contribution in [0.5, 0.6) is 0 Å². The van der Waals surface area contributed by atoms with Gasteiger partial charge in [0.15, 0.2) is 5.58 Å². The number of carbonyl (C=O) groups is 2. The van der Waals surface area contributed by atoms with Crippen LogP contribution in [0.1, 0.15) is 39.4 Å². The summed E-state index contributed by atoms with van der Waals surface area (Å²) in [7, 11) is 1.61. The summed E-state index contributed by atoms with van der Waals surface area (Å²) >= 11 is 0. The molecule has 0 atom stereocenters. The third kappa shape index (κ3) is 4.77. The van der Waals surface area contributed by atoms with Gasteiger partial charge >= 0.3 is 5.91 Å². The predicted molar refractivity (Wildman–Crippen MR) is 131 cm³/mol. The number of methoxy groups -OCH3 is 1. The second-order valence-electron chi connectivity index (χ2n) is 8.99. The molecule has 1 saturated heterocycles. The number of nitrogens with zero attached hydrogens (tertiary/aromatic N) is 4. The highest BCUT2D eigenvalue weighted by atomic mass is 16.5. The first-order valence-electron chi connectivity index (χ1n) is 11.9. The second-order valence-corrected chi connectivity index (χ2v) is 8.99. The number of aryl methyl sites for hydroxylation is 1. The van der Waals surface area contributed by atoms with E-state index >= 15 is 0 Å². The van der Waals surface area contributed by atoms with Gasteiger partial charge in [-0.1, -0.05) is 12.1 Å². The molecule has 9 nitrogen and oxygen atoms in total. The van der Waals surface area contributed by atoms with Crippen molar-refractivity contribution in [2.75, 3.05) is 33.4 Å². The molecular weight excluding hydrogens is 446 g/mol. The average molecular weight is 476 g/mol. The Morgan fingerprint density at radius 2 is 1.94 bits per heavy atom. The third-order valence-electron chi connectivity index (χ3n) is 6.67. The van der Waals surface area contributed by atoms with Crippen LogP contribution in [0.3, 0.4) is 0 Å². The molecular formula is C26H29N5O4. The maximum Gasteiger partial charge on any atom is 0.309 e. The molecule has 9 heteroatoms. The summed E-state index contributed by atoms with van der Waals surface area (Å²) in [4.78, 5) is 31.5. The Morgan fingerprint density at radius 3 is 2.71 bits per heavy atom. The van der Waals surface area contributed by atoms with Crippen LogP contribution in [-0.4, -0.2) is 64.8 Å². The van der Waals surface area contributed by atoms with Gasteiger partial charge in [0.1, 0.15) is 5.52 Å². The smallest absolute Gasteiger partial charge is 0.309 e. The first-order chi connectivity index (χ1) is 17.0. The number of hydrogen-bond acceptors (Lipinski definition) is 6. The summed E-state index contributed by atoms with van der Waals surface area (Å²) in [5, 5.41) is 8.58. The van der Waals surface area contributed by atoms with Gasteiger partial charge in [0.05, 0.1) is 12.1 Å². The maximum absolute atomic E-state index is 12.9. The third-order valence-corrected chi connectivity index (χ3v) is 6.67. The number of carbonyl (C=O) groups excluding carboxylic acids is 2. The van der Waals surface area contributed by atoms with Gasteiger partial charge in [-0.15, -0.1) is 0 Å². The number of fused-ring (bicyclic) bond motifs is 2. The van der Waals surface area contributed by atoms with Gasteiger partial charge in [0.2, 0.25) is 0 Å². The van der Waals surface area contributed by atoms with Crippen molar-refractivity contribution in [1.29, 1.82) is 0 Å². The van der Waals surface area contributed by atoms with E-state index < -0.39 is 0 Å². The van der Waals surface area contributed by atoms with E-state index in [1.807, 2.05) is 59.1 Å². The van der Waals surface area contributed by atoms with Crippen molar-refractivity contribution in [3.05, 3.63) is 59.6 Å². The topological polar surface area (TPSA) is 102 Å². The van der Waals surface area contributed by atoms with Gasteiger partial charge in [-0.25, -0.2) is 4.98 Å². The number of piperidine rings is 1. The standard InChI is InChI=1S/C26H29N5O4/c1-17-19(24(32)27-11-14-34-2)7-8-21-20(17)16-31(29-21)15-18-9-12-30(13-10-18)26(33)25-28-22-5-3-4-6-23(22)35-25/h3-8,16,18H,9-15H2,1-2H3,(H,27,32). The minimum atomic E-state index is -0.156. The van der Waals surface area contributed by atoms with Gasteiger partial charge < -0.3 is 19.4 Å². The van der Waals surface area contributed by atoms with Crippen LogP contribution in [0.15, 0.2) is 47.0 Å². The first kappa shape index (κ1) is 23.0. The Labute approximate surface area is 203 Å². The fourth-order valence-electron chi connectivity index (χ4n) is 4.66. The molecule has 0 saturated carbocycles. The van der Waals surface area contributed by atoms with E-state index in [1.54, 1.807) is 7.11 Å². The molecule has 2 aromatic heterocycles. The summed E-state index contributed by atoms with van der Waals surface area (Å²) in [5.74, 6) is 0.302. The average Bonchev–Trinajstić information content (AvgIpc) is 3.49. The van der Waals surface area contributed by atoms with E-state index in [2.05, 4.69) is 10.3 Å². The summed E-state index contributed by atoms with van der Waals surface area (Å²) < 4.78 is 12.6. The molecule has 4 aromatic rings. The van der Waals surface area contributed by atoms with Gasteiger partial charge in [-0.3, -0.25) is 14.3 Å².